The number of para-hydroxylation sites is 1. The molecule has 7 heteroatoms. The summed E-state index contributed by atoms with van der Waals surface area (Å²) in [6, 6.07) is 185. The lowest BCUT2D eigenvalue weighted by Crippen LogP contribution is -2.13. The van der Waals surface area contributed by atoms with Gasteiger partial charge in [-0.25, -0.2) is 0 Å². The molecule has 606 valence electrons. The molecule has 0 saturated carbocycles. The molecule has 23 aromatic carbocycles. The van der Waals surface area contributed by atoms with Crippen LogP contribution in [0.4, 0.5) is 102 Å². The van der Waals surface area contributed by atoms with Crippen LogP contribution in [-0.2, 0) is 0 Å². The zero-order chi connectivity index (χ0) is 85.2. The molecule has 0 atom stereocenters. The van der Waals surface area contributed by atoms with Gasteiger partial charge >= 0.3 is 0 Å². The molecule has 0 amide bonds. The second-order valence-corrected chi connectivity index (χ2v) is 33.4. The summed E-state index contributed by atoms with van der Waals surface area (Å²) in [7, 11) is 0. The maximum atomic E-state index is 2.44. The number of rotatable bonds is 19. The van der Waals surface area contributed by atoms with Crippen molar-refractivity contribution in [2.45, 2.75) is 0 Å². The van der Waals surface area contributed by atoms with Gasteiger partial charge in [-0.2, -0.15) is 0 Å². The van der Waals surface area contributed by atoms with Gasteiger partial charge in [0, 0.05) is 119 Å². The van der Waals surface area contributed by atoms with Gasteiger partial charge in [0.2, 0.25) is 0 Å². The second kappa shape index (κ2) is 32.1. The highest BCUT2D eigenvalue weighted by atomic mass is 15.2. The minimum Gasteiger partial charge on any atom is -0.310 e. The van der Waals surface area contributed by atoms with Crippen molar-refractivity contribution < 1.29 is 0 Å². The van der Waals surface area contributed by atoms with Crippen LogP contribution in [0.3, 0.4) is 0 Å². The smallest absolute Gasteiger partial charge is 0.0542 e. The minimum atomic E-state index is 0.994. The van der Waals surface area contributed by atoms with Crippen LogP contribution in [0.5, 0.6) is 0 Å². The molecular formula is C122H83N7. The molecule has 0 bridgehead atoms. The summed E-state index contributed by atoms with van der Waals surface area (Å²) in [6.45, 7) is 0. The standard InChI is InChI=1S/C122H83N7/c1-2-36-100(37-3-1)129-121-72-70-117(123(101-54-62-105(63-55-101)125(109-46-38-84-20-4-12-28-92(84)74-109)110-47-39-85-21-5-13-29-93(85)75-110)102-56-64-106(65-57-102)126(111-48-40-86-22-6-14-30-94(86)76-111)112-49-41-87-23-7-15-31-95(87)77-112)82-119(121)120-83-118(71-73-122(120)129)124(103-58-66-107(67-59-103)127(113-50-42-88-24-8-16-32-96(88)78-113)114-51-43-89-25-9-17-33-97(89)79-114)104-60-68-108(69-61-104)128(115-52-44-90-26-10-18-34-98(90)80-115)116-53-45-91-27-11-19-35-99(91)81-116/h1-83H. The summed E-state index contributed by atoms with van der Waals surface area (Å²) < 4.78 is 2.44. The molecule has 24 rings (SSSR count). The van der Waals surface area contributed by atoms with E-state index in [0.29, 0.717) is 0 Å². The lowest BCUT2D eigenvalue weighted by atomic mass is 10.1. The molecule has 7 nitrogen and oxygen atoms in total. The molecule has 1 heterocycles. The SMILES string of the molecule is c1ccc(-n2c3ccc(N(c4ccc(N(c5ccc6ccccc6c5)c5ccc6ccccc6c5)cc4)c4ccc(N(c5ccc6ccccc6c5)c5ccc6ccccc6c5)cc4)cc3c3cc(N(c4ccc(N(c5ccc6ccccc6c5)c5ccc6ccccc6c5)cc4)c4ccc(N(c5ccc6ccccc6c5)c5ccc6ccccc6c5)cc4)ccc32)cc1. The molecule has 1 aromatic heterocycles. The van der Waals surface area contributed by atoms with E-state index in [1.165, 1.54) is 86.2 Å². The van der Waals surface area contributed by atoms with Crippen LogP contribution in [0, 0.1) is 0 Å². The van der Waals surface area contributed by atoms with Crippen LogP contribution in [-0.4, -0.2) is 4.57 Å². The van der Waals surface area contributed by atoms with Gasteiger partial charge in [0.1, 0.15) is 0 Å². The second-order valence-electron chi connectivity index (χ2n) is 33.4. The molecule has 0 saturated heterocycles. The third-order valence-electron chi connectivity index (χ3n) is 25.7. The number of benzene rings is 23. The summed E-state index contributed by atoms with van der Waals surface area (Å²) >= 11 is 0. The lowest BCUT2D eigenvalue weighted by molar-refractivity contribution is 1.18. The van der Waals surface area contributed by atoms with Crippen molar-refractivity contribution in [3.8, 4) is 5.69 Å². The maximum Gasteiger partial charge on any atom is 0.0542 e. The highest BCUT2D eigenvalue weighted by molar-refractivity contribution is 6.13. The predicted molar refractivity (Wildman–Crippen MR) is 549 cm³/mol. The Morgan fingerprint density at radius 3 is 0.434 bits per heavy atom. The zero-order valence-corrected chi connectivity index (χ0v) is 70.6. The Hall–Kier alpha value is -17.3. The minimum absolute atomic E-state index is 0.994. The summed E-state index contributed by atoms with van der Waals surface area (Å²) in [5.74, 6) is 0. The highest BCUT2D eigenvalue weighted by Crippen LogP contribution is 2.50. The Morgan fingerprint density at radius 2 is 0.248 bits per heavy atom. The Morgan fingerprint density at radius 1 is 0.109 bits per heavy atom. The molecule has 0 aliphatic rings. The van der Waals surface area contributed by atoms with E-state index in [1.807, 2.05) is 0 Å². The van der Waals surface area contributed by atoms with Crippen molar-refractivity contribution in [3.05, 3.63) is 504 Å². The highest BCUT2D eigenvalue weighted by Gasteiger charge is 2.26. The molecule has 0 fully saturated rings. The van der Waals surface area contributed by atoms with Crippen molar-refractivity contribution in [3.63, 3.8) is 0 Å². The summed E-state index contributed by atoms with van der Waals surface area (Å²) in [5, 5.41) is 21.1. The monoisotopic (exact) mass is 1650 g/mol. The van der Waals surface area contributed by atoms with Gasteiger partial charge < -0.3 is 34.0 Å². The number of fused-ring (bicyclic) bond motifs is 11. The van der Waals surface area contributed by atoms with E-state index in [-0.39, 0.29) is 0 Å². The summed E-state index contributed by atoms with van der Waals surface area (Å²) in [5.41, 5.74) is 21.9. The first-order valence-corrected chi connectivity index (χ1v) is 44.1. The van der Waals surface area contributed by atoms with Crippen LogP contribution in [0.15, 0.2) is 504 Å². The molecule has 0 aliphatic carbocycles. The molecule has 24 aromatic rings. The normalized spacial score (nSPS) is 11.6. The largest absolute Gasteiger partial charge is 0.310 e. The quantitative estimate of drug-likeness (QED) is 0.0800. The molecule has 0 N–H and O–H groups in total. The average Bonchev–Trinajstić information content (AvgIpc) is 1.57. The van der Waals surface area contributed by atoms with Crippen molar-refractivity contribution in [1.29, 1.82) is 0 Å². The van der Waals surface area contributed by atoms with E-state index in [2.05, 4.69) is 537 Å². The van der Waals surface area contributed by atoms with E-state index >= 15 is 0 Å². The van der Waals surface area contributed by atoms with E-state index in [1.54, 1.807) is 0 Å². The van der Waals surface area contributed by atoms with Crippen LogP contribution < -0.4 is 29.4 Å². The zero-order valence-electron chi connectivity index (χ0n) is 70.6. The molecule has 129 heavy (non-hydrogen) atoms. The number of anilines is 18. The van der Waals surface area contributed by atoms with Gasteiger partial charge in [-0.05, 0) is 329 Å². The van der Waals surface area contributed by atoms with Gasteiger partial charge in [-0.1, -0.05) is 261 Å². The fraction of sp³-hybridized carbons (Fsp3) is 0. The van der Waals surface area contributed by atoms with Crippen LogP contribution in [0.1, 0.15) is 0 Å². The van der Waals surface area contributed by atoms with E-state index in [9.17, 15) is 0 Å². The van der Waals surface area contributed by atoms with Crippen LogP contribution in [0.25, 0.3) is 114 Å². The lowest BCUT2D eigenvalue weighted by Gasteiger charge is -2.30. The van der Waals surface area contributed by atoms with Crippen molar-refractivity contribution in [2.24, 2.45) is 0 Å². The molecule has 0 spiro atoms. The average molecular weight is 1650 g/mol. The molecular weight excluding hydrogens is 1560 g/mol. The molecule has 0 radical (unpaired) electrons. The Balaban J connectivity index is 0.689. The van der Waals surface area contributed by atoms with E-state index < -0.39 is 0 Å². The first-order valence-electron chi connectivity index (χ1n) is 44.1. The first kappa shape index (κ1) is 75.5. The topological polar surface area (TPSA) is 24.4 Å². The number of hydrogen-bond donors (Lipinski definition) is 0. The maximum absolute atomic E-state index is 2.44. The van der Waals surface area contributed by atoms with E-state index in [4.69, 9.17) is 0 Å². The number of nitrogens with zero attached hydrogens (tertiary/aromatic N) is 7. The third kappa shape index (κ3) is 14.1. The summed E-state index contributed by atoms with van der Waals surface area (Å²) in [6.07, 6.45) is 0. The van der Waals surface area contributed by atoms with E-state index in [0.717, 1.165) is 130 Å². The first-order chi connectivity index (χ1) is 63.9. The Labute approximate surface area is 748 Å². The molecule has 0 aliphatic heterocycles. The number of hydrogen-bond acceptors (Lipinski definition) is 6. The predicted octanol–water partition coefficient (Wildman–Crippen LogP) is 34.8. The Bertz CT molecular complexity index is 7210. The van der Waals surface area contributed by atoms with Crippen LogP contribution in [0.2, 0.25) is 0 Å². The fourth-order valence-electron chi connectivity index (χ4n) is 19.3. The Kier molecular flexibility index (Phi) is 18.8. The van der Waals surface area contributed by atoms with Gasteiger partial charge in [0.15, 0.2) is 0 Å². The summed E-state index contributed by atoms with van der Waals surface area (Å²) in [4.78, 5) is 14.4. The van der Waals surface area contributed by atoms with Gasteiger partial charge in [0.25, 0.3) is 0 Å². The van der Waals surface area contributed by atoms with Gasteiger partial charge in [0.05, 0.1) is 11.0 Å². The van der Waals surface area contributed by atoms with Crippen molar-refractivity contribution in [1.82, 2.24) is 4.57 Å². The van der Waals surface area contributed by atoms with Crippen molar-refractivity contribution >= 4 is 210 Å². The van der Waals surface area contributed by atoms with Crippen LogP contribution >= 0.6 is 0 Å². The van der Waals surface area contributed by atoms with Gasteiger partial charge in [-0.3, -0.25) is 0 Å². The van der Waals surface area contributed by atoms with Crippen molar-refractivity contribution in [2.75, 3.05) is 29.4 Å². The third-order valence-corrected chi connectivity index (χ3v) is 25.7. The fourth-order valence-corrected chi connectivity index (χ4v) is 19.3. The number of aromatic nitrogens is 1. The van der Waals surface area contributed by atoms with Gasteiger partial charge in [-0.15, -0.1) is 0 Å². The molecule has 0 unspecified atom stereocenters.